The Morgan fingerprint density at radius 1 is 1.04 bits per heavy atom. The van der Waals surface area contributed by atoms with Crippen LogP contribution in [0.5, 0.6) is 0 Å². The number of urea groups is 1. The second-order valence-electron chi connectivity index (χ2n) is 6.68. The van der Waals surface area contributed by atoms with E-state index in [1.165, 1.54) is 4.90 Å². The van der Waals surface area contributed by atoms with Crippen LogP contribution < -0.4 is 4.90 Å². The molecule has 2 aliphatic rings. The molecule has 1 aliphatic carbocycles. The standard InChI is InChI=1S/C19H15BrCl2N2O2.2CH4/c1-23-18(26)24(15-9-13(21)8-14(22)10-15)17(25)19(23)7-6-16(19)11-2-4-12(20)5-3-11;;/h2-5,8-10,16H,6-7H2,1H3;2*1H4/t16-,19+;;/m0../s1. The van der Waals surface area contributed by atoms with E-state index in [1.807, 2.05) is 24.3 Å². The topological polar surface area (TPSA) is 40.6 Å². The number of carbonyl (C=O) groups is 2. The largest absolute Gasteiger partial charge is 0.332 e. The van der Waals surface area contributed by atoms with Crippen molar-refractivity contribution >= 4 is 56.8 Å². The average Bonchev–Trinajstić information content (AvgIpc) is 2.76. The van der Waals surface area contributed by atoms with Crippen molar-refractivity contribution in [1.29, 1.82) is 0 Å². The summed E-state index contributed by atoms with van der Waals surface area (Å²) in [5.74, 6) is -0.251. The lowest BCUT2D eigenvalue weighted by Gasteiger charge is -2.48. The first-order valence-corrected chi connectivity index (χ1v) is 9.73. The first-order valence-electron chi connectivity index (χ1n) is 8.18. The highest BCUT2D eigenvalue weighted by Crippen LogP contribution is 2.54. The lowest BCUT2D eigenvalue weighted by atomic mass is 9.62. The number of nitrogens with zero attached hydrogens (tertiary/aromatic N) is 2. The number of carbonyl (C=O) groups excluding carboxylic acids is 2. The van der Waals surface area contributed by atoms with E-state index in [2.05, 4.69) is 15.9 Å². The third-order valence-corrected chi connectivity index (χ3v) is 6.38. The van der Waals surface area contributed by atoms with Gasteiger partial charge in [-0.05, 0) is 48.7 Å². The van der Waals surface area contributed by atoms with Crippen LogP contribution in [0.1, 0.15) is 39.2 Å². The number of likely N-dealkylation sites (N-methyl/N-ethyl adjacent to an activating group) is 1. The molecule has 0 unspecified atom stereocenters. The number of halogens is 3. The quantitative estimate of drug-likeness (QED) is 0.441. The summed E-state index contributed by atoms with van der Waals surface area (Å²) in [6.45, 7) is 0. The van der Waals surface area contributed by atoms with Gasteiger partial charge >= 0.3 is 6.03 Å². The maximum atomic E-state index is 13.4. The fourth-order valence-electron chi connectivity index (χ4n) is 4.00. The van der Waals surface area contributed by atoms with E-state index in [4.69, 9.17) is 23.2 Å². The summed E-state index contributed by atoms with van der Waals surface area (Å²) in [6, 6.07) is 12.3. The summed E-state index contributed by atoms with van der Waals surface area (Å²) < 4.78 is 0.979. The van der Waals surface area contributed by atoms with Gasteiger partial charge in [-0.15, -0.1) is 0 Å². The predicted molar refractivity (Wildman–Crippen MR) is 119 cm³/mol. The third-order valence-electron chi connectivity index (χ3n) is 5.42. The molecule has 3 amide bonds. The molecule has 4 rings (SSSR count). The Kier molecular flexibility index (Phi) is 6.54. The Morgan fingerprint density at radius 2 is 1.61 bits per heavy atom. The molecule has 150 valence electrons. The Hall–Kier alpha value is -1.56. The van der Waals surface area contributed by atoms with Gasteiger partial charge in [-0.2, -0.15) is 0 Å². The number of hydrogen-bond donors (Lipinski definition) is 0. The summed E-state index contributed by atoms with van der Waals surface area (Å²) in [4.78, 5) is 29.1. The van der Waals surface area contributed by atoms with E-state index in [-0.39, 0.29) is 32.7 Å². The summed E-state index contributed by atoms with van der Waals surface area (Å²) in [7, 11) is 1.69. The second kappa shape index (κ2) is 8.05. The molecule has 28 heavy (non-hydrogen) atoms. The zero-order valence-corrected chi connectivity index (χ0v) is 17.0. The Bertz CT molecular complexity index is 899. The summed E-state index contributed by atoms with van der Waals surface area (Å²) in [5, 5.41) is 0.768. The molecule has 1 spiro atoms. The minimum absolute atomic E-state index is 0. The van der Waals surface area contributed by atoms with Gasteiger partial charge in [0, 0.05) is 27.5 Å². The van der Waals surface area contributed by atoms with Gasteiger partial charge in [0.15, 0.2) is 0 Å². The smallest absolute Gasteiger partial charge is 0.312 e. The Balaban J connectivity index is 0.00000140. The van der Waals surface area contributed by atoms with Crippen molar-refractivity contribution in [1.82, 2.24) is 4.90 Å². The number of rotatable bonds is 2. The van der Waals surface area contributed by atoms with Crippen LogP contribution in [0.15, 0.2) is 46.9 Å². The lowest BCUT2D eigenvalue weighted by Crippen LogP contribution is -2.59. The lowest BCUT2D eigenvalue weighted by molar-refractivity contribution is -0.130. The average molecular weight is 486 g/mol. The van der Waals surface area contributed by atoms with E-state index in [0.29, 0.717) is 22.2 Å². The molecule has 0 N–H and O–H groups in total. The molecule has 2 aromatic carbocycles. The summed E-state index contributed by atoms with van der Waals surface area (Å²) in [6.07, 6.45) is 1.49. The van der Waals surface area contributed by atoms with Crippen LogP contribution in [0.3, 0.4) is 0 Å². The molecular formula is C21H23BrCl2N2O2. The van der Waals surface area contributed by atoms with Gasteiger partial charge in [0.05, 0.1) is 5.69 Å². The van der Waals surface area contributed by atoms with Gasteiger partial charge in [-0.1, -0.05) is 66.1 Å². The fourth-order valence-corrected chi connectivity index (χ4v) is 4.78. The molecule has 0 radical (unpaired) electrons. The van der Waals surface area contributed by atoms with Crippen molar-refractivity contribution in [3.8, 4) is 0 Å². The van der Waals surface area contributed by atoms with Crippen molar-refractivity contribution in [2.24, 2.45) is 0 Å². The maximum Gasteiger partial charge on any atom is 0.332 e. The number of imide groups is 1. The molecule has 1 saturated heterocycles. The molecule has 4 nitrogen and oxygen atoms in total. The van der Waals surface area contributed by atoms with Crippen LogP contribution >= 0.6 is 39.1 Å². The molecule has 0 bridgehead atoms. The molecule has 1 heterocycles. The highest BCUT2D eigenvalue weighted by molar-refractivity contribution is 9.10. The monoisotopic (exact) mass is 484 g/mol. The zero-order chi connectivity index (χ0) is 18.6. The number of amides is 3. The highest BCUT2D eigenvalue weighted by atomic mass is 79.9. The minimum Gasteiger partial charge on any atom is -0.312 e. The molecule has 2 atom stereocenters. The first-order chi connectivity index (χ1) is 12.3. The number of anilines is 1. The van der Waals surface area contributed by atoms with E-state index in [9.17, 15) is 9.59 Å². The van der Waals surface area contributed by atoms with Crippen molar-refractivity contribution < 1.29 is 9.59 Å². The molecule has 1 saturated carbocycles. The molecule has 0 aromatic heterocycles. The Labute approximate surface area is 184 Å². The van der Waals surface area contributed by atoms with Gasteiger partial charge in [-0.25, -0.2) is 9.69 Å². The third kappa shape index (κ3) is 3.23. The fraction of sp³-hybridized carbons (Fsp3) is 0.333. The van der Waals surface area contributed by atoms with E-state index in [1.54, 1.807) is 30.1 Å². The van der Waals surface area contributed by atoms with Crippen LogP contribution in [-0.2, 0) is 4.79 Å². The molecule has 7 heteroatoms. The van der Waals surface area contributed by atoms with Crippen LogP contribution in [0.2, 0.25) is 10.0 Å². The van der Waals surface area contributed by atoms with Crippen molar-refractivity contribution in [2.45, 2.75) is 39.2 Å². The van der Waals surface area contributed by atoms with Gasteiger partial charge in [-0.3, -0.25) is 4.79 Å². The van der Waals surface area contributed by atoms with Crippen molar-refractivity contribution in [3.63, 3.8) is 0 Å². The van der Waals surface area contributed by atoms with E-state index < -0.39 is 5.54 Å². The van der Waals surface area contributed by atoms with Crippen molar-refractivity contribution in [2.75, 3.05) is 11.9 Å². The van der Waals surface area contributed by atoms with Gasteiger partial charge in [0.25, 0.3) is 5.91 Å². The molecule has 2 fully saturated rings. The predicted octanol–water partition coefficient (Wildman–Crippen LogP) is 6.74. The first kappa shape index (κ1) is 22.7. The normalized spacial score (nSPS) is 23.4. The zero-order valence-electron chi connectivity index (χ0n) is 13.9. The summed E-state index contributed by atoms with van der Waals surface area (Å²) >= 11 is 15.6. The Morgan fingerprint density at radius 3 is 2.11 bits per heavy atom. The summed E-state index contributed by atoms with van der Waals surface area (Å²) in [5.41, 5.74) is 0.612. The second-order valence-corrected chi connectivity index (χ2v) is 8.47. The maximum absolute atomic E-state index is 13.4. The van der Waals surface area contributed by atoms with Crippen LogP contribution in [0.4, 0.5) is 10.5 Å². The van der Waals surface area contributed by atoms with Crippen molar-refractivity contribution in [3.05, 3.63) is 62.5 Å². The SMILES string of the molecule is C.C.CN1C(=O)N(c2cc(Cl)cc(Cl)c2)C(=O)[C@]12CC[C@H]2c1ccc(Br)cc1. The van der Waals surface area contributed by atoms with E-state index >= 15 is 0 Å². The van der Waals surface area contributed by atoms with Crippen LogP contribution in [-0.4, -0.2) is 29.4 Å². The van der Waals surface area contributed by atoms with Crippen LogP contribution in [0.25, 0.3) is 0 Å². The molecular weight excluding hydrogens is 463 g/mol. The highest BCUT2D eigenvalue weighted by Gasteiger charge is 2.64. The number of benzene rings is 2. The van der Waals surface area contributed by atoms with Gasteiger partial charge in [0.1, 0.15) is 5.54 Å². The molecule has 1 aliphatic heterocycles. The van der Waals surface area contributed by atoms with Gasteiger partial charge < -0.3 is 4.90 Å². The van der Waals surface area contributed by atoms with Gasteiger partial charge in [0.2, 0.25) is 0 Å². The molecule has 2 aromatic rings. The van der Waals surface area contributed by atoms with E-state index in [0.717, 1.165) is 16.5 Å². The number of hydrogen-bond acceptors (Lipinski definition) is 2. The van der Waals surface area contributed by atoms with Crippen LogP contribution in [0, 0.1) is 0 Å². The minimum atomic E-state index is -0.848.